The van der Waals surface area contributed by atoms with Crippen molar-refractivity contribution in [3.8, 4) is 0 Å². The molecule has 0 bridgehead atoms. The second kappa shape index (κ2) is 2.97. The van der Waals surface area contributed by atoms with Crippen LogP contribution in [0.25, 0.3) is 0 Å². The molecule has 0 amide bonds. The van der Waals surface area contributed by atoms with Gasteiger partial charge in [0.2, 0.25) is 0 Å². The van der Waals surface area contributed by atoms with Gasteiger partial charge in [0.25, 0.3) is 0 Å². The Morgan fingerprint density at radius 1 is 1.21 bits per heavy atom. The second-order valence-electron chi connectivity index (χ2n) is 4.75. The molecule has 0 saturated heterocycles. The number of carbonyl (C=O) groups is 2. The van der Waals surface area contributed by atoms with Crippen molar-refractivity contribution in [2.45, 2.75) is 33.6 Å². The zero-order chi connectivity index (χ0) is 11.1. The molecule has 0 heterocycles. The molecule has 1 saturated carbocycles. The van der Waals surface area contributed by atoms with Gasteiger partial charge in [0.15, 0.2) is 0 Å². The van der Waals surface area contributed by atoms with Crippen molar-refractivity contribution in [3.05, 3.63) is 0 Å². The second-order valence-corrected chi connectivity index (χ2v) is 4.75. The lowest BCUT2D eigenvalue weighted by Crippen LogP contribution is -2.50. The van der Waals surface area contributed by atoms with Crippen molar-refractivity contribution in [2.24, 2.45) is 16.7 Å². The Bertz CT molecular complexity index is 282. The number of carbonyl (C=O) groups excluding carboxylic acids is 2. The lowest BCUT2D eigenvalue weighted by molar-refractivity contribution is -0.326. The Morgan fingerprint density at radius 2 is 1.71 bits per heavy atom. The number of rotatable bonds is 2. The summed E-state index contributed by atoms with van der Waals surface area (Å²) in [5.74, 6) is -3.04. The molecule has 1 aliphatic carbocycles. The van der Waals surface area contributed by atoms with Crippen molar-refractivity contribution in [1.29, 1.82) is 0 Å². The Hall–Kier alpha value is -1.06. The van der Waals surface area contributed by atoms with Crippen LogP contribution in [0.5, 0.6) is 0 Å². The number of aliphatic carboxylic acids is 2. The van der Waals surface area contributed by atoms with Gasteiger partial charge in [-0.25, -0.2) is 0 Å². The number of carboxylic acids is 2. The van der Waals surface area contributed by atoms with Crippen LogP contribution in [0, 0.1) is 16.7 Å². The van der Waals surface area contributed by atoms with Crippen LogP contribution in [0.1, 0.15) is 33.6 Å². The van der Waals surface area contributed by atoms with Crippen molar-refractivity contribution in [1.82, 2.24) is 0 Å². The fourth-order valence-electron chi connectivity index (χ4n) is 2.28. The first-order valence-corrected chi connectivity index (χ1v) is 4.66. The summed E-state index contributed by atoms with van der Waals surface area (Å²) in [5, 5.41) is 21.8. The Labute approximate surface area is 82.9 Å². The number of carboxylic acid groups (broad SMARTS) is 2. The van der Waals surface area contributed by atoms with Gasteiger partial charge in [0.1, 0.15) is 0 Å². The zero-order valence-electron chi connectivity index (χ0n) is 8.62. The SMILES string of the molecule is CC1(C)[C@@H](C(=O)[O-])CC[C@]1(C)C(=O)[O-]. The van der Waals surface area contributed by atoms with E-state index in [2.05, 4.69) is 0 Å². The summed E-state index contributed by atoms with van der Waals surface area (Å²) < 4.78 is 0. The van der Waals surface area contributed by atoms with Gasteiger partial charge in [-0.2, -0.15) is 0 Å². The number of hydrogen-bond donors (Lipinski definition) is 0. The highest BCUT2D eigenvalue weighted by molar-refractivity contribution is 5.78. The molecular formula is C10H14O4-2. The quantitative estimate of drug-likeness (QED) is 0.565. The molecule has 0 radical (unpaired) electrons. The molecule has 0 aromatic carbocycles. The van der Waals surface area contributed by atoms with Crippen LogP contribution in [0.3, 0.4) is 0 Å². The molecular weight excluding hydrogens is 184 g/mol. The molecule has 0 aromatic heterocycles. The van der Waals surface area contributed by atoms with E-state index in [4.69, 9.17) is 0 Å². The Kier molecular flexibility index (Phi) is 2.34. The van der Waals surface area contributed by atoms with E-state index in [1.54, 1.807) is 20.8 Å². The third-order valence-corrected chi connectivity index (χ3v) is 3.96. The van der Waals surface area contributed by atoms with Crippen molar-refractivity contribution in [3.63, 3.8) is 0 Å². The third-order valence-electron chi connectivity index (χ3n) is 3.96. The fourth-order valence-corrected chi connectivity index (χ4v) is 2.28. The molecule has 80 valence electrons. The minimum Gasteiger partial charge on any atom is -0.550 e. The van der Waals surface area contributed by atoms with Crippen LogP contribution in [-0.4, -0.2) is 11.9 Å². The summed E-state index contributed by atoms with van der Waals surface area (Å²) in [6, 6.07) is 0. The van der Waals surface area contributed by atoms with Crippen molar-refractivity contribution >= 4 is 11.9 Å². The first kappa shape index (κ1) is 11.0. The molecule has 1 aliphatic rings. The van der Waals surface area contributed by atoms with Gasteiger partial charge in [-0.3, -0.25) is 0 Å². The maximum atomic E-state index is 11.0. The number of hydrogen-bond acceptors (Lipinski definition) is 4. The molecule has 14 heavy (non-hydrogen) atoms. The smallest absolute Gasteiger partial charge is 0.0479 e. The topological polar surface area (TPSA) is 80.3 Å². The standard InChI is InChI=1S/C10H16O4/c1-9(2)6(7(11)12)4-5-10(9,3)8(13)14/h6H,4-5H2,1-3H3,(H,11,12)(H,13,14)/p-2/t6-,10-/m1/s1. The summed E-state index contributed by atoms with van der Waals surface area (Å²) in [7, 11) is 0. The van der Waals surface area contributed by atoms with E-state index in [-0.39, 0.29) is 0 Å². The predicted octanol–water partition coefficient (Wildman–Crippen LogP) is -1.07. The van der Waals surface area contributed by atoms with Crippen LogP contribution in [0.4, 0.5) is 0 Å². The largest absolute Gasteiger partial charge is 0.550 e. The summed E-state index contributed by atoms with van der Waals surface area (Å²) in [5.41, 5.74) is -1.89. The lowest BCUT2D eigenvalue weighted by Gasteiger charge is -2.42. The molecule has 0 spiro atoms. The molecule has 0 N–H and O–H groups in total. The molecule has 0 unspecified atom stereocenters. The first-order valence-electron chi connectivity index (χ1n) is 4.66. The van der Waals surface area contributed by atoms with Crippen LogP contribution in [0.15, 0.2) is 0 Å². The molecule has 0 aliphatic heterocycles. The zero-order valence-corrected chi connectivity index (χ0v) is 8.62. The molecule has 2 atom stereocenters. The normalized spacial score (nSPS) is 35.5. The minimum absolute atomic E-state index is 0.334. The molecule has 1 rings (SSSR count). The first-order chi connectivity index (χ1) is 6.23. The van der Waals surface area contributed by atoms with Gasteiger partial charge < -0.3 is 19.8 Å². The van der Waals surface area contributed by atoms with Gasteiger partial charge in [0.05, 0.1) is 0 Å². The van der Waals surface area contributed by atoms with Gasteiger partial charge in [-0.05, 0) is 18.3 Å². The van der Waals surface area contributed by atoms with Gasteiger partial charge >= 0.3 is 0 Å². The van der Waals surface area contributed by atoms with Gasteiger partial charge in [-0.15, -0.1) is 0 Å². The Balaban J connectivity index is 3.08. The van der Waals surface area contributed by atoms with Gasteiger partial charge in [0, 0.05) is 23.3 Å². The van der Waals surface area contributed by atoms with Crippen LogP contribution >= 0.6 is 0 Å². The van der Waals surface area contributed by atoms with E-state index in [0.29, 0.717) is 12.8 Å². The van der Waals surface area contributed by atoms with Crippen molar-refractivity contribution < 1.29 is 19.8 Å². The molecule has 4 nitrogen and oxygen atoms in total. The van der Waals surface area contributed by atoms with E-state index in [0.717, 1.165) is 0 Å². The van der Waals surface area contributed by atoms with E-state index in [1.165, 1.54) is 0 Å². The highest BCUT2D eigenvalue weighted by atomic mass is 16.4. The maximum absolute atomic E-state index is 11.0. The minimum atomic E-state index is -1.17. The molecule has 1 fully saturated rings. The van der Waals surface area contributed by atoms with E-state index < -0.39 is 28.7 Å². The predicted molar refractivity (Wildman–Crippen MR) is 44.6 cm³/mol. The highest BCUT2D eigenvalue weighted by Crippen LogP contribution is 2.55. The monoisotopic (exact) mass is 198 g/mol. The summed E-state index contributed by atoms with van der Waals surface area (Å²) in [6.07, 6.45) is 0.681. The maximum Gasteiger partial charge on any atom is 0.0479 e. The average molecular weight is 198 g/mol. The molecule has 0 aromatic rings. The van der Waals surface area contributed by atoms with Crippen molar-refractivity contribution in [2.75, 3.05) is 0 Å². The van der Waals surface area contributed by atoms with Crippen LogP contribution < -0.4 is 10.2 Å². The third kappa shape index (κ3) is 1.21. The van der Waals surface area contributed by atoms with E-state index in [1.807, 2.05) is 0 Å². The summed E-state index contributed by atoms with van der Waals surface area (Å²) in [4.78, 5) is 21.8. The molecule has 4 heteroatoms. The van der Waals surface area contributed by atoms with Crippen LogP contribution in [-0.2, 0) is 9.59 Å². The average Bonchev–Trinajstić information content (AvgIpc) is 2.24. The van der Waals surface area contributed by atoms with E-state index >= 15 is 0 Å². The lowest BCUT2D eigenvalue weighted by atomic mass is 9.66. The van der Waals surface area contributed by atoms with E-state index in [9.17, 15) is 19.8 Å². The fraction of sp³-hybridized carbons (Fsp3) is 0.800. The summed E-state index contributed by atoms with van der Waals surface area (Å²) >= 11 is 0. The summed E-state index contributed by atoms with van der Waals surface area (Å²) in [6.45, 7) is 4.85. The Morgan fingerprint density at radius 3 is 1.93 bits per heavy atom. The highest BCUT2D eigenvalue weighted by Gasteiger charge is 2.52. The van der Waals surface area contributed by atoms with Crippen LogP contribution in [0.2, 0.25) is 0 Å². The van der Waals surface area contributed by atoms with Gasteiger partial charge in [-0.1, -0.05) is 20.8 Å².